The molecule has 0 radical (unpaired) electrons. The summed E-state index contributed by atoms with van der Waals surface area (Å²) in [5.41, 5.74) is 2.68. The second kappa shape index (κ2) is 7.85. The van der Waals surface area contributed by atoms with E-state index in [1.165, 1.54) is 18.3 Å². The summed E-state index contributed by atoms with van der Waals surface area (Å²) in [7, 11) is 1.59. The number of nitrogens with zero attached hydrogens (tertiary/aromatic N) is 2. The van der Waals surface area contributed by atoms with Gasteiger partial charge in [0.15, 0.2) is 5.13 Å². The second-order valence-corrected chi connectivity index (χ2v) is 5.93. The molecule has 7 heteroatoms. The average Bonchev–Trinajstić information content (AvgIpc) is 2.95. The lowest BCUT2D eigenvalue weighted by Gasteiger charge is -2.18. The first-order valence-corrected chi connectivity index (χ1v) is 8.12. The summed E-state index contributed by atoms with van der Waals surface area (Å²) in [6, 6.07) is 7.74. The first-order chi connectivity index (χ1) is 11.0. The molecule has 0 fully saturated rings. The zero-order valence-electron chi connectivity index (χ0n) is 13.4. The van der Waals surface area contributed by atoms with Crippen LogP contribution < -0.4 is 15.5 Å². The molecule has 0 saturated heterocycles. The van der Waals surface area contributed by atoms with Crippen LogP contribution in [0.1, 0.15) is 18.2 Å². The molecule has 2 rings (SSSR count). The largest absolute Gasteiger partial charge is 0.358 e. The number of thiazole rings is 1. The highest BCUT2D eigenvalue weighted by Crippen LogP contribution is 2.29. The lowest BCUT2D eigenvalue weighted by atomic mass is 10.2. The maximum absolute atomic E-state index is 12.0. The minimum absolute atomic E-state index is 0.0782. The number of hydrogen-bond donors (Lipinski definition) is 2. The third kappa shape index (κ3) is 4.61. The van der Waals surface area contributed by atoms with Gasteiger partial charge in [-0.2, -0.15) is 0 Å². The van der Waals surface area contributed by atoms with Crippen LogP contribution in [0.25, 0.3) is 0 Å². The van der Waals surface area contributed by atoms with Crippen molar-refractivity contribution < 1.29 is 9.59 Å². The average molecular weight is 332 g/mol. The van der Waals surface area contributed by atoms with E-state index >= 15 is 0 Å². The van der Waals surface area contributed by atoms with Crippen molar-refractivity contribution in [2.45, 2.75) is 20.4 Å². The van der Waals surface area contributed by atoms with E-state index in [0.717, 1.165) is 16.9 Å². The Morgan fingerprint density at radius 3 is 2.78 bits per heavy atom. The van der Waals surface area contributed by atoms with Crippen LogP contribution in [0, 0.1) is 6.92 Å². The molecule has 1 aromatic carbocycles. The molecule has 0 aliphatic rings. The molecule has 1 heterocycles. The van der Waals surface area contributed by atoms with Crippen LogP contribution in [0.15, 0.2) is 29.6 Å². The molecule has 0 unspecified atom stereocenters. The Bertz CT molecular complexity index is 699. The fourth-order valence-corrected chi connectivity index (χ4v) is 2.95. The molecule has 2 N–H and O–H groups in total. The normalized spacial score (nSPS) is 10.4. The SMILES string of the molecule is CNC(=O)CNCc1csc(N(C(C)=O)c2cccc(C)c2)n1. The van der Waals surface area contributed by atoms with Gasteiger partial charge in [0, 0.05) is 25.9 Å². The lowest BCUT2D eigenvalue weighted by molar-refractivity contribution is -0.119. The van der Waals surface area contributed by atoms with Crippen LogP contribution in [0.5, 0.6) is 0 Å². The van der Waals surface area contributed by atoms with Crippen molar-refractivity contribution in [1.82, 2.24) is 15.6 Å². The van der Waals surface area contributed by atoms with Crippen LogP contribution in [0.2, 0.25) is 0 Å². The third-order valence-corrected chi connectivity index (χ3v) is 4.05. The fourth-order valence-electron chi connectivity index (χ4n) is 2.07. The first-order valence-electron chi connectivity index (χ1n) is 7.24. The molecule has 2 amide bonds. The van der Waals surface area contributed by atoms with E-state index in [1.54, 1.807) is 11.9 Å². The molecule has 122 valence electrons. The van der Waals surface area contributed by atoms with Gasteiger partial charge < -0.3 is 10.6 Å². The van der Waals surface area contributed by atoms with Crippen molar-refractivity contribution in [3.05, 3.63) is 40.9 Å². The fraction of sp³-hybridized carbons (Fsp3) is 0.312. The van der Waals surface area contributed by atoms with Crippen LogP contribution in [-0.4, -0.2) is 30.4 Å². The van der Waals surface area contributed by atoms with E-state index in [1.807, 2.05) is 36.6 Å². The van der Waals surface area contributed by atoms with Gasteiger partial charge >= 0.3 is 0 Å². The van der Waals surface area contributed by atoms with Crippen molar-refractivity contribution >= 4 is 34.0 Å². The van der Waals surface area contributed by atoms with Gasteiger partial charge in [-0.05, 0) is 24.6 Å². The van der Waals surface area contributed by atoms with Crippen molar-refractivity contribution in [2.75, 3.05) is 18.5 Å². The summed E-state index contributed by atoms with van der Waals surface area (Å²) >= 11 is 1.40. The molecule has 0 atom stereocenters. The van der Waals surface area contributed by atoms with Crippen LogP contribution >= 0.6 is 11.3 Å². The summed E-state index contributed by atoms with van der Waals surface area (Å²) in [6.45, 7) is 4.21. The standard InChI is InChI=1S/C16H20N4O2S/c1-11-5-4-6-14(7-11)20(12(2)21)16-19-13(10-23-16)8-18-9-15(22)17-3/h4-7,10,18H,8-9H2,1-3H3,(H,17,22). The Balaban J connectivity index is 2.12. The second-order valence-electron chi connectivity index (χ2n) is 5.09. The predicted molar refractivity (Wildman–Crippen MR) is 91.9 cm³/mol. The Labute approximate surface area is 139 Å². The molecule has 0 aliphatic heterocycles. The Hall–Kier alpha value is -2.25. The Morgan fingerprint density at radius 1 is 1.35 bits per heavy atom. The molecule has 1 aromatic heterocycles. The number of benzene rings is 1. The van der Waals surface area contributed by atoms with Gasteiger partial charge in [0.1, 0.15) is 0 Å². The van der Waals surface area contributed by atoms with Crippen LogP contribution in [0.3, 0.4) is 0 Å². The number of carbonyl (C=O) groups excluding carboxylic acids is 2. The number of aromatic nitrogens is 1. The Morgan fingerprint density at radius 2 is 2.13 bits per heavy atom. The zero-order chi connectivity index (χ0) is 16.8. The number of amides is 2. The highest BCUT2D eigenvalue weighted by molar-refractivity contribution is 7.14. The number of nitrogens with one attached hydrogen (secondary N) is 2. The molecule has 2 aromatic rings. The highest BCUT2D eigenvalue weighted by Gasteiger charge is 2.17. The van der Waals surface area contributed by atoms with Gasteiger partial charge in [0.25, 0.3) is 0 Å². The van der Waals surface area contributed by atoms with E-state index in [4.69, 9.17) is 0 Å². The van der Waals surface area contributed by atoms with E-state index in [2.05, 4.69) is 15.6 Å². The molecule has 23 heavy (non-hydrogen) atoms. The summed E-state index contributed by atoms with van der Waals surface area (Å²) < 4.78 is 0. The van der Waals surface area contributed by atoms with Crippen molar-refractivity contribution in [2.24, 2.45) is 0 Å². The number of rotatable bonds is 6. The quantitative estimate of drug-likeness (QED) is 0.848. The maximum Gasteiger partial charge on any atom is 0.233 e. The summed E-state index contributed by atoms with van der Waals surface area (Å²) in [4.78, 5) is 29.3. The van der Waals surface area contributed by atoms with Gasteiger partial charge in [-0.3, -0.25) is 14.5 Å². The zero-order valence-corrected chi connectivity index (χ0v) is 14.2. The number of aryl methyl sites for hydroxylation is 1. The minimum atomic E-state index is -0.0881. The van der Waals surface area contributed by atoms with Gasteiger partial charge in [-0.15, -0.1) is 11.3 Å². The lowest BCUT2D eigenvalue weighted by Crippen LogP contribution is -2.31. The molecular weight excluding hydrogens is 312 g/mol. The van der Waals surface area contributed by atoms with Gasteiger partial charge in [-0.25, -0.2) is 4.98 Å². The highest BCUT2D eigenvalue weighted by atomic mass is 32.1. The summed E-state index contributed by atoms with van der Waals surface area (Å²) in [5, 5.41) is 8.07. The number of hydrogen-bond acceptors (Lipinski definition) is 5. The van der Waals surface area contributed by atoms with Gasteiger partial charge in [-0.1, -0.05) is 12.1 Å². The van der Waals surface area contributed by atoms with E-state index in [0.29, 0.717) is 11.7 Å². The van der Waals surface area contributed by atoms with Crippen molar-refractivity contribution in [3.8, 4) is 0 Å². The van der Waals surface area contributed by atoms with E-state index in [-0.39, 0.29) is 18.4 Å². The smallest absolute Gasteiger partial charge is 0.233 e. The number of carbonyl (C=O) groups is 2. The van der Waals surface area contributed by atoms with Gasteiger partial charge in [0.05, 0.1) is 17.9 Å². The van der Waals surface area contributed by atoms with Crippen molar-refractivity contribution in [1.29, 1.82) is 0 Å². The minimum Gasteiger partial charge on any atom is -0.358 e. The van der Waals surface area contributed by atoms with Crippen LogP contribution in [0.4, 0.5) is 10.8 Å². The van der Waals surface area contributed by atoms with E-state index in [9.17, 15) is 9.59 Å². The number of likely N-dealkylation sites (N-methyl/N-ethyl adjacent to an activating group) is 1. The maximum atomic E-state index is 12.0. The molecule has 0 aliphatic carbocycles. The monoisotopic (exact) mass is 332 g/mol. The molecular formula is C16H20N4O2S. The molecule has 0 bridgehead atoms. The first kappa shape index (κ1) is 17.1. The third-order valence-electron chi connectivity index (χ3n) is 3.18. The van der Waals surface area contributed by atoms with Crippen LogP contribution in [-0.2, 0) is 16.1 Å². The van der Waals surface area contributed by atoms with E-state index < -0.39 is 0 Å². The number of anilines is 2. The molecule has 0 spiro atoms. The molecule has 6 nitrogen and oxygen atoms in total. The summed E-state index contributed by atoms with van der Waals surface area (Å²) in [5.74, 6) is -0.166. The predicted octanol–water partition coefficient (Wildman–Crippen LogP) is 1.97. The molecule has 0 saturated carbocycles. The topological polar surface area (TPSA) is 74.3 Å². The van der Waals surface area contributed by atoms with Crippen molar-refractivity contribution in [3.63, 3.8) is 0 Å². The summed E-state index contributed by atoms with van der Waals surface area (Å²) in [6.07, 6.45) is 0. The van der Waals surface area contributed by atoms with Gasteiger partial charge in [0.2, 0.25) is 11.8 Å². The Kier molecular flexibility index (Phi) is 5.84.